The third-order valence-corrected chi connectivity index (χ3v) is 16.7. The lowest BCUT2D eigenvalue weighted by atomic mass is 9.94. The average molecular weight is 1320 g/mol. The van der Waals surface area contributed by atoms with Crippen molar-refractivity contribution in [1.29, 1.82) is 0 Å². The first-order valence-electron chi connectivity index (χ1n) is 34.2. The third kappa shape index (κ3) is 32.9. The SMILES string of the molecule is CCCCCCCCCCCCCCCC(=O)OC[C@H](CN(C(=O)C(C)O[C@@H]1[C@@H](NC(C)=O)[C@@H](O)O[C@H](CO)[C@H]1O[C@@H]1O[C@H](CO)[C@@H](O)[C@H](O)[C@H]1NC(C)=O)[C@@H](C)C(=O)NC(=O)[C@@H](CCC(N)=O)NC(=O)[C@H](C)N)OC(=O)CCCCCCCCCCCCCCC. The van der Waals surface area contributed by atoms with E-state index in [0.717, 1.165) is 76.5 Å². The molecule has 15 atom stereocenters. The summed E-state index contributed by atoms with van der Waals surface area (Å²) < 4.78 is 35.9. The fourth-order valence-corrected chi connectivity index (χ4v) is 11.2. The Morgan fingerprint density at radius 1 is 0.565 bits per heavy atom. The molecule has 0 bridgehead atoms. The van der Waals surface area contributed by atoms with Crippen molar-refractivity contribution in [3.05, 3.63) is 0 Å². The van der Waals surface area contributed by atoms with Crippen molar-refractivity contribution in [1.82, 2.24) is 26.2 Å². The lowest BCUT2D eigenvalue weighted by Crippen LogP contribution is -2.70. The number of amides is 7. The number of nitrogens with one attached hydrogen (secondary N) is 4. The number of hydrogen-bond donors (Lipinski definition) is 11. The molecule has 0 aromatic heterocycles. The van der Waals surface area contributed by atoms with Gasteiger partial charge in [0.05, 0.1) is 25.8 Å². The van der Waals surface area contributed by atoms with Crippen molar-refractivity contribution in [2.45, 2.75) is 333 Å². The molecule has 2 aliphatic rings. The molecule has 2 saturated heterocycles. The highest BCUT2D eigenvalue weighted by atomic mass is 16.7. The summed E-state index contributed by atoms with van der Waals surface area (Å²) in [6, 6.07) is -7.59. The Morgan fingerprint density at radius 2 is 1.03 bits per heavy atom. The minimum atomic E-state index is -1.98. The zero-order valence-corrected chi connectivity index (χ0v) is 56.2. The number of hydrogen-bond acceptors (Lipinski definition) is 21. The van der Waals surface area contributed by atoms with E-state index in [4.69, 9.17) is 39.9 Å². The monoisotopic (exact) mass is 1320 g/mol. The molecule has 13 N–H and O–H groups in total. The van der Waals surface area contributed by atoms with Crippen molar-refractivity contribution >= 4 is 53.3 Å². The smallest absolute Gasteiger partial charge is 0.306 e. The molecular weight excluding hydrogens is 1200 g/mol. The van der Waals surface area contributed by atoms with Gasteiger partial charge in [-0.15, -0.1) is 0 Å². The Kier molecular flexibility index (Phi) is 43.2. The molecule has 1 unspecified atom stereocenters. The zero-order valence-electron chi connectivity index (χ0n) is 56.2. The number of rotatable bonds is 50. The topological polar surface area (TPSA) is 414 Å². The molecule has 92 heavy (non-hydrogen) atoms. The molecule has 0 aromatic rings. The summed E-state index contributed by atoms with van der Waals surface area (Å²) in [5.41, 5.74) is 11.1. The van der Waals surface area contributed by atoms with Crippen LogP contribution in [0.25, 0.3) is 0 Å². The van der Waals surface area contributed by atoms with Gasteiger partial charge in [0, 0.05) is 33.1 Å². The van der Waals surface area contributed by atoms with E-state index in [1.54, 1.807) is 0 Å². The molecule has 2 heterocycles. The summed E-state index contributed by atoms with van der Waals surface area (Å²) in [7, 11) is 0. The van der Waals surface area contributed by atoms with Crippen molar-refractivity contribution in [2.24, 2.45) is 11.5 Å². The number of carbonyl (C=O) groups is 9. The predicted octanol–water partition coefficient (Wildman–Crippen LogP) is 3.68. The van der Waals surface area contributed by atoms with Gasteiger partial charge in [-0.3, -0.25) is 48.5 Å². The largest absolute Gasteiger partial charge is 0.462 e. The molecule has 2 rings (SSSR count). The highest BCUT2D eigenvalue weighted by molar-refractivity contribution is 6.02. The van der Waals surface area contributed by atoms with E-state index >= 15 is 4.79 Å². The number of primary amides is 1. The van der Waals surface area contributed by atoms with Crippen LogP contribution in [0.15, 0.2) is 0 Å². The summed E-state index contributed by atoms with van der Waals surface area (Å²) in [6.45, 7) is 7.26. The lowest BCUT2D eigenvalue weighted by Gasteiger charge is -2.49. The van der Waals surface area contributed by atoms with Gasteiger partial charge in [-0.2, -0.15) is 0 Å². The number of aliphatic hydroxyl groups is 5. The summed E-state index contributed by atoms with van der Waals surface area (Å²) >= 11 is 0. The van der Waals surface area contributed by atoms with Crippen LogP contribution in [-0.4, -0.2) is 202 Å². The molecule has 7 amide bonds. The molecule has 0 spiro atoms. The minimum Gasteiger partial charge on any atom is -0.462 e. The van der Waals surface area contributed by atoms with Crippen LogP contribution in [0.4, 0.5) is 0 Å². The number of imide groups is 1. The normalized spacial score (nSPS) is 23.0. The van der Waals surface area contributed by atoms with Crippen LogP contribution < -0.4 is 32.7 Å². The Balaban J connectivity index is 2.59. The Morgan fingerprint density at radius 3 is 1.49 bits per heavy atom. The third-order valence-electron chi connectivity index (χ3n) is 16.7. The van der Waals surface area contributed by atoms with Crippen molar-refractivity contribution in [3.8, 4) is 0 Å². The standard InChI is InChI=1S/C65H117N7O20/c1-8-10-12-14-16-18-20-22-24-26-28-30-32-34-52(78)87-41-47(89-53(79)35-33-31-29-27-25-23-21-19-17-15-13-11-9-2)38-72(43(4)61(83)71-62(84)48(36-37-51(67)77)70-60(82)42(3)66)63(85)44(5)88-59-55(69-46(7)76)64(86)90-50(40-74)58(59)92-65-54(68-45(6)75)57(81)56(80)49(39-73)91-65/h42-44,47-50,54-59,64-65,73-74,80-81,86H,8-41,66H2,1-7H3,(H2,67,77)(H,68,75)(H,69,76)(H,70,82)(H,71,83,84)/t42-,43-,44?,47-,48+,49+,50+,54+,55+,56+,57+,58+,59+,64-,65-/m0/s1. The Labute approximate surface area is 545 Å². The van der Waals surface area contributed by atoms with Crippen LogP contribution in [-0.2, 0) is 71.6 Å². The fraction of sp³-hybridized carbons (Fsp3) is 0.862. The molecule has 0 radical (unpaired) electrons. The first kappa shape index (κ1) is 83.1. The lowest BCUT2D eigenvalue weighted by molar-refractivity contribution is -0.333. The number of esters is 2. The minimum absolute atomic E-state index is 0.0321. The highest BCUT2D eigenvalue weighted by Gasteiger charge is 2.53. The maximum atomic E-state index is 15.3. The second-order valence-electron chi connectivity index (χ2n) is 24.9. The van der Waals surface area contributed by atoms with Crippen LogP contribution in [0.1, 0.15) is 241 Å². The van der Waals surface area contributed by atoms with E-state index < -0.39 is 178 Å². The van der Waals surface area contributed by atoms with Crippen LogP contribution >= 0.6 is 0 Å². The number of unbranched alkanes of at least 4 members (excludes halogenated alkanes) is 24. The van der Waals surface area contributed by atoms with Crippen molar-refractivity contribution < 1.29 is 97.1 Å². The van der Waals surface area contributed by atoms with Gasteiger partial charge < -0.3 is 86.3 Å². The summed E-state index contributed by atoms with van der Waals surface area (Å²) in [6.07, 6.45) is 10.0. The fourth-order valence-electron chi connectivity index (χ4n) is 11.2. The van der Waals surface area contributed by atoms with Crippen LogP contribution in [0.3, 0.4) is 0 Å². The maximum Gasteiger partial charge on any atom is 0.306 e. The molecule has 2 fully saturated rings. The molecule has 532 valence electrons. The molecule has 2 aliphatic heterocycles. The van der Waals surface area contributed by atoms with Crippen LogP contribution in [0.2, 0.25) is 0 Å². The van der Waals surface area contributed by atoms with Gasteiger partial charge in [0.1, 0.15) is 73.5 Å². The van der Waals surface area contributed by atoms with Crippen molar-refractivity contribution in [3.63, 3.8) is 0 Å². The van der Waals surface area contributed by atoms with Gasteiger partial charge in [0.25, 0.3) is 5.91 Å². The number of nitrogens with two attached hydrogens (primary N) is 2. The average Bonchev–Trinajstić information content (AvgIpc) is 0.790. The van der Waals surface area contributed by atoms with Crippen molar-refractivity contribution in [2.75, 3.05) is 26.4 Å². The van der Waals surface area contributed by atoms with E-state index in [2.05, 4.69) is 35.1 Å². The number of nitrogens with zero attached hydrogens (tertiary/aromatic N) is 1. The van der Waals surface area contributed by atoms with E-state index in [-0.39, 0.29) is 19.3 Å². The molecule has 0 aromatic carbocycles. The van der Waals surface area contributed by atoms with E-state index in [1.165, 1.54) is 111 Å². The summed E-state index contributed by atoms with van der Waals surface area (Å²) in [5, 5.41) is 63.5. The van der Waals surface area contributed by atoms with Crippen LogP contribution in [0, 0.1) is 0 Å². The Hall–Kier alpha value is -4.97. The summed E-state index contributed by atoms with van der Waals surface area (Å²) in [5.74, 6) is -7.81. The molecule has 0 aliphatic carbocycles. The molecule has 0 saturated carbocycles. The van der Waals surface area contributed by atoms with Gasteiger partial charge >= 0.3 is 11.9 Å². The first-order chi connectivity index (χ1) is 43.9. The maximum absolute atomic E-state index is 15.3. The predicted molar refractivity (Wildman–Crippen MR) is 340 cm³/mol. The Bertz CT molecular complexity index is 2160. The molecule has 27 heteroatoms. The number of carbonyl (C=O) groups excluding carboxylic acids is 9. The van der Waals surface area contributed by atoms with E-state index in [0.29, 0.717) is 19.3 Å². The van der Waals surface area contributed by atoms with Gasteiger partial charge in [-0.1, -0.05) is 168 Å². The first-order valence-corrected chi connectivity index (χ1v) is 34.2. The van der Waals surface area contributed by atoms with E-state index in [1.807, 2.05) is 0 Å². The van der Waals surface area contributed by atoms with Crippen LogP contribution in [0.5, 0.6) is 0 Å². The molecular formula is C65H117N7O20. The molecule has 27 nitrogen and oxygen atoms in total. The number of aliphatic hydroxyl groups excluding tert-OH is 5. The van der Waals surface area contributed by atoms with E-state index in [9.17, 15) is 63.9 Å². The van der Waals surface area contributed by atoms with Gasteiger partial charge in [0.2, 0.25) is 35.4 Å². The summed E-state index contributed by atoms with van der Waals surface area (Å²) in [4.78, 5) is 122. The quantitative estimate of drug-likeness (QED) is 0.0306. The van der Waals surface area contributed by atoms with Gasteiger partial charge in [-0.25, -0.2) is 0 Å². The second kappa shape index (κ2) is 47.8. The van der Waals surface area contributed by atoms with Gasteiger partial charge in [-0.05, 0) is 40.0 Å². The zero-order chi connectivity index (χ0) is 68.5. The van der Waals surface area contributed by atoms with Gasteiger partial charge in [0.15, 0.2) is 18.7 Å². The highest BCUT2D eigenvalue weighted by Crippen LogP contribution is 2.32. The second-order valence-corrected chi connectivity index (χ2v) is 24.9. The number of ether oxygens (including phenoxy) is 6.